The van der Waals surface area contributed by atoms with Crippen LogP contribution < -0.4 is 21.7 Å². The summed E-state index contributed by atoms with van der Waals surface area (Å²) in [5.74, 6) is -3.46. The number of hydrogen-bond donors (Lipinski definition) is 7. The predicted molar refractivity (Wildman–Crippen MR) is 117 cm³/mol. The van der Waals surface area contributed by atoms with Crippen LogP contribution in [0.25, 0.3) is 0 Å². The van der Waals surface area contributed by atoms with Crippen molar-refractivity contribution in [1.82, 2.24) is 25.9 Å². The Kier molecular flexibility index (Phi) is 9.51. The summed E-state index contributed by atoms with van der Waals surface area (Å²) in [6.45, 7) is 0.752. The van der Waals surface area contributed by atoms with Gasteiger partial charge in [-0.3, -0.25) is 14.4 Å². The molecule has 0 aliphatic heterocycles. The third-order valence-electron chi connectivity index (χ3n) is 4.73. The summed E-state index contributed by atoms with van der Waals surface area (Å²) in [5, 5.41) is 26.3. The SMILES string of the molecule is CC(O)C(NC(=O)C(N)Cc1cnc[nH]1)C(=O)NCC(=O)NC(Cc1ccccc1)C(=O)O. The number of aliphatic hydroxyl groups excluding tert-OH is 1. The van der Waals surface area contributed by atoms with E-state index in [-0.39, 0.29) is 12.8 Å². The Morgan fingerprint density at radius 1 is 1.09 bits per heavy atom. The minimum atomic E-state index is -1.36. The molecule has 1 aromatic heterocycles. The van der Waals surface area contributed by atoms with E-state index in [1.54, 1.807) is 30.3 Å². The first-order valence-electron chi connectivity index (χ1n) is 10.2. The van der Waals surface area contributed by atoms with Gasteiger partial charge in [0.1, 0.15) is 12.1 Å². The van der Waals surface area contributed by atoms with E-state index in [4.69, 9.17) is 5.73 Å². The first-order chi connectivity index (χ1) is 15.7. The number of carboxylic acid groups (broad SMARTS) is 1. The molecule has 178 valence electrons. The van der Waals surface area contributed by atoms with Crippen molar-refractivity contribution in [3.8, 4) is 0 Å². The number of benzene rings is 1. The van der Waals surface area contributed by atoms with Crippen LogP contribution in [-0.2, 0) is 32.0 Å². The molecule has 33 heavy (non-hydrogen) atoms. The number of carboxylic acids is 1. The molecular formula is C21H28N6O6. The number of aromatic nitrogens is 2. The van der Waals surface area contributed by atoms with Crippen molar-refractivity contribution in [3.05, 3.63) is 54.1 Å². The van der Waals surface area contributed by atoms with Crippen molar-refractivity contribution in [2.24, 2.45) is 5.73 Å². The number of aliphatic hydroxyl groups is 1. The number of hydrogen-bond acceptors (Lipinski definition) is 7. The highest BCUT2D eigenvalue weighted by Crippen LogP contribution is 2.04. The molecule has 0 saturated heterocycles. The van der Waals surface area contributed by atoms with E-state index in [1.807, 2.05) is 0 Å². The Morgan fingerprint density at radius 2 is 1.79 bits per heavy atom. The van der Waals surface area contributed by atoms with Crippen molar-refractivity contribution >= 4 is 23.7 Å². The van der Waals surface area contributed by atoms with E-state index < -0.39 is 54.5 Å². The van der Waals surface area contributed by atoms with Crippen LogP contribution in [0.2, 0.25) is 0 Å². The first-order valence-corrected chi connectivity index (χ1v) is 10.2. The van der Waals surface area contributed by atoms with Crippen LogP contribution in [0.15, 0.2) is 42.9 Å². The van der Waals surface area contributed by atoms with Gasteiger partial charge in [0, 0.05) is 24.7 Å². The lowest BCUT2D eigenvalue weighted by molar-refractivity contribution is -0.141. The quantitative estimate of drug-likeness (QED) is 0.190. The molecule has 0 aliphatic carbocycles. The number of aromatic amines is 1. The average molecular weight is 460 g/mol. The Balaban J connectivity index is 1.87. The smallest absolute Gasteiger partial charge is 0.326 e. The molecule has 1 heterocycles. The van der Waals surface area contributed by atoms with E-state index in [0.29, 0.717) is 5.69 Å². The van der Waals surface area contributed by atoms with Gasteiger partial charge >= 0.3 is 5.97 Å². The number of nitrogens with two attached hydrogens (primary N) is 1. The normalized spacial score (nSPS) is 14.4. The maximum atomic E-state index is 12.4. The minimum absolute atomic E-state index is 0.0659. The second-order valence-electron chi connectivity index (χ2n) is 7.48. The highest BCUT2D eigenvalue weighted by Gasteiger charge is 2.28. The fourth-order valence-electron chi connectivity index (χ4n) is 2.96. The van der Waals surface area contributed by atoms with Gasteiger partial charge < -0.3 is 36.9 Å². The molecule has 0 bridgehead atoms. The zero-order valence-electron chi connectivity index (χ0n) is 18.0. The molecule has 0 spiro atoms. The lowest BCUT2D eigenvalue weighted by Crippen LogP contribution is -2.57. The van der Waals surface area contributed by atoms with Crippen LogP contribution in [0.1, 0.15) is 18.2 Å². The summed E-state index contributed by atoms with van der Waals surface area (Å²) in [4.78, 5) is 55.0. The van der Waals surface area contributed by atoms with Crippen molar-refractivity contribution in [3.63, 3.8) is 0 Å². The standard InChI is InChI=1S/C21H28N6O6/c1-12(28)18(27-19(30)15(22)8-14-9-23-11-25-14)20(31)24-10-17(29)26-16(21(32)33)7-13-5-3-2-4-6-13/h2-6,9,11-12,15-16,18,28H,7-8,10,22H2,1H3,(H,23,25)(H,24,31)(H,26,29)(H,27,30)(H,32,33). The number of amides is 3. The molecular weight excluding hydrogens is 432 g/mol. The average Bonchev–Trinajstić information content (AvgIpc) is 3.28. The molecule has 12 nitrogen and oxygen atoms in total. The maximum Gasteiger partial charge on any atom is 0.326 e. The summed E-state index contributed by atoms with van der Waals surface area (Å²) in [5.41, 5.74) is 7.17. The molecule has 4 unspecified atom stereocenters. The Hall–Kier alpha value is -3.77. The van der Waals surface area contributed by atoms with Gasteiger partial charge in [0.25, 0.3) is 0 Å². The van der Waals surface area contributed by atoms with Gasteiger partial charge in [-0.25, -0.2) is 9.78 Å². The van der Waals surface area contributed by atoms with E-state index >= 15 is 0 Å². The molecule has 8 N–H and O–H groups in total. The third-order valence-corrected chi connectivity index (χ3v) is 4.73. The highest BCUT2D eigenvalue weighted by molar-refractivity contribution is 5.93. The lowest BCUT2D eigenvalue weighted by atomic mass is 10.1. The number of imidazole rings is 1. The molecule has 2 rings (SSSR count). The van der Waals surface area contributed by atoms with Crippen LogP contribution >= 0.6 is 0 Å². The Morgan fingerprint density at radius 3 is 2.36 bits per heavy atom. The topological polar surface area (TPSA) is 200 Å². The second kappa shape index (κ2) is 12.3. The maximum absolute atomic E-state index is 12.4. The molecule has 0 aliphatic rings. The zero-order valence-corrected chi connectivity index (χ0v) is 18.0. The van der Waals surface area contributed by atoms with E-state index in [1.165, 1.54) is 19.4 Å². The van der Waals surface area contributed by atoms with Gasteiger partial charge in [0.05, 0.1) is 25.0 Å². The molecule has 12 heteroatoms. The molecule has 3 amide bonds. The number of carbonyl (C=O) groups is 4. The van der Waals surface area contributed by atoms with Gasteiger partial charge in [-0.1, -0.05) is 30.3 Å². The van der Waals surface area contributed by atoms with E-state index in [0.717, 1.165) is 5.56 Å². The number of nitrogens with zero attached hydrogens (tertiary/aromatic N) is 1. The number of rotatable bonds is 12. The summed E-state index contributed by atoms with van der Waals surface area (Å²) in [7, 11) is 0. The van der Waals surface area contributed by atoms with Gasteiger partial charge in [0.15, 0.2) is 0 Å². The van der Waals surface area contributed by atoms with Gasteiger partial charge in [0.2, 0.25) is 17.7 Å². The van der Waals surface area contributed by atoms with E-state index in [9.17, 15) is 29.4 Å². The number of aliphatic carboxylic acids is 1. The van der Waals surface area contributed by atoms with Crippen molar-refractivity contribution < 1.29 is 29.4 Å². The van der Waals surface area contributed by atoms with Crippen LogP contribution in [0.3, 0.4) is 0 Å². The summed E-state index contributed by atoms with van der Waals surface area (Å²) >= 11 is 0. The van der Waals surface area contributed by atoms with Crippen LogP contribution in [-0.4, -0.2) is 74.6 Å². The molecule has 4 atom stereocenters. The summed E-state index contributed by atoms with van der Waals surface area (Å²) in [6.07, 6.45) is 1.87. The fraction of sp³-hybridized carbons (Fsp3) is 0.381. The second-order valence-corrected chi connectivity index (χ2v) is 7.48. The number of nitrogens with one attached hydrogen (secondary N) is 4. The molecule has 0 saturated carbocycles. The Labute approximate surface area is 190 Å². The van der Waals surface area contributed by atoms with Gasteiger partial charge in [-0.15, -0.1) is 0 Å². The van der Waals surface area contributed by atoms with Crippen LogP contribution in [0, 0.1) is 0 Å². The van der Waals surface area contributed by atoms with E-state index in [2.05, 4.69) is 25.9 Å². The van der Waals surface area contributed by atoms with Crippen molar-refractivity contribution in [2.75, 3.05) is 6.54 Å². The third kappa shape index (κ3) is 8.35. The minimum Gasteiger partial charge on any atom is -0.480 e. The predicted octanol–water partition coefficient (Wildman–Crippen LogP) is -1.93. The fourth-order valence-corrected chi connectivity index (χ4v) is 2.96. The number of carbonyl (C=O) groups excluding carboxylic acids is 3. The Bertz CT molecular complexity index is 934. The van der Waals surface area contributed by atoms with Crippen molar-refractivity contribution in [1.29, 1.82) is 0 Å². The molecule has 2 aromatic rings. The molecule has 0 radical (unpaired) electrons. The zero-order chi connectivity index (χ0) is 24.4. The number of H-pyrrole nitrogens is 1. The lowest BCUT2D eigenvalue weighted by Gasteiger charge is -2.23. The highest BCUT2D eigenvalue weighted by atomic mass is 16.4. The van der Waals surface area contributed by atoms with Gasteiger partial charge in [-0.2, -0.15) is 0 Å². The first kappa shape index (κ1) is 25.5. The largest absolute Gasteiger partial charge is 0.480 e. The monoisotopic (exact) mass is 460 g/mol. The summed E-state index contributed by atoms with van der Waals surface area (Å²) in [6, 6.07) is 5.20. The van der Waals surface area contributed by atoms with Crippen molar-refractivity contribution in [2.45, 2.75) is 44.0 Å². The van der Waals surface area contributed by atoms with Crippen LogP contribution in [0.4, 0.5) is 0 Å². The molecule has 0 fully saturated rings. The molecule has 1 aromatic carbocycles. The summed E-state index contributed by atoms with van der Waals surface area (Å²) < 4.78 is 0. The van der Waals surface area contributed by atoms with Crippen LogP contribution in [0.5, 0.6) is 0 Å². The van der Waals surface area contributed by atoms with Gasteiger partial charge in [-0.05, 0) is 12.5 Å².